The lowest BCUT2D eigenvalue weighted by Crippen LogP contribution is -2.47. The van der Waals surface area contributed by atoms with E-state index in [1.807, 2.05) is 41.5 Å². The van der Waals surface area contributed by atoms with Crippen LogP contribution in [0.2, 0.25) is 0 Å². The van der Waals surface area contributed by atoms with Gasteiger partial charge in [-0.15, -0.1) is 0 Å². The van der Waals surface area contributed by atoms with E-state index in [0.717, 1.165) is 0 Å². The van der Waals surface area contributed by atoms with Crippen LogP contribution in [0.3, 0.4) is 0 Å². The summed E-state index contributed by atoms with van der Waals surface area (Å²) in [5, 5.41) is 28.4. The van der Waals surface area contributed by atoms with Crippen molar-refractivity contribution in [2.24, 2.45) is 11.8 Å². The molecule has 0 saturated carbocycles. The van der Waals surface area contributed by atoms with Crippen LogP contribution in [0.25, 0.3) is 11.2 Å². The monoisotopic (exact) mass is 700 g/mol. The van der Waals surface area contributed by atoms with Gasteiger partial charge in [0.05, 0.1) is 32.3 Å². The highest BCUT2D eigenvalue weighted by atomic mass is 31.2. The van der Waals surface area contributed by atoms with Gasteiger partial charge in [0.2, 0.25) is 5.88 Å². The minimum absolute atomic E-state index is 0.00313. The third kappa shape index (κ3) is 9.93. The second-order valence-corrected chi connectivity index (χ2v) is 15.1. The zero-order valence-electron chi connectivity index (χ0n) is 29.6. The molecule has 0 aromatic carbocycles. The van der Waals surface area contributed by atoms with E-state index in [-0.39, 0.29) is 49.9 Å². The van der Waals surface area contributed by atoms with Gasteiger partial charge in [-0.05, 0) is 66.2 Å². The number of fused-ring (bicyclic) bond motifs is 1. The Hall–Kier alpha value is -2.72. The predicted molar refractivity (Wildman–Crippen MR) is 176 cm³/mol. The Kier molecular flexibility index (Phi) is 13.9. The van der Waals surface area contributed by atoms with Crippen LogP contribution in [0.4, 0.5) is 0 Å². The summed E-state index contributed by atoms with van der Waals surface area (Å²) in [7, 11) is -4.30. The summed E-state index contributed by atoms with van der Waals surface area (Å²) in [6.45, 7) is 17.4. The van der Waals surface area contributed by atoms with Crippen LogP contribution in [0.15, 0.2) is 6.33 Å². The molecule has 1 fully saturated rings. The van der Waals surface area contributed by atoms with Crippen LogP contribution >= 0.6 is 7.67 Å². The van der Waals surface area contributed by atoms with Gasteiger partial charge in [-0.25, -0.2) is 20.1 Å². The first-order chi connectivity index (χ1) is 22.4. The number of imidazole rings is 1. The molecule has 2 aromatic rings. The quantitative estimate of drug-likeness (QED) is 0.130. The molecule has 0 bridgehead atoms. The number of hydrogen-bond donors (Lipinski definition) is 4. The van der Waals surface area contributed by atoms with Gasteiger partial charge in [-0.2, -0.15) is 4.98 Å². The summed E-state index contributed by atoms with van der Waals surface area (Å²) in [6.07, 6.45) is -2.23. The van der Waals surface area contributed by atoms with Crippen molar-refractivity contribution >= 4 is 30.8 Å². The summed E-state index contributed by atoms with van der Waals surface area (Å²) >= 11 is 0. The Morgan fingerprint density at radius 3 is 2.04 bits per heavy atom. The van der Waals surface area contributed by atoms with Crippen molar-refractivity contribution in [3.05, 3.63) is 12.2 Å². The Labute approximate surface area is 282 Å². The fraction of sp³-hybridized carbons (Fsp3) is 0.774. The van der Waals surface area contributed by atoms with Gasteiger partial charge in [0.15, 0.2) is 17.4 Å². The second kappa shape index (κ2) is 16.8. The Morgan fingerprint density at radius 1 is 1.02 bits per heavy atom. The van der Waals surface area contributed by atoms with Crippen LogP contribution in [-0.4, -0.2) is 97.5 Å². The molecule has 1 aliphatic heterocycles. The van der Waals surface area contributed by atoms with Crippen LogP contribution in [0, 0.1) is 18.8 Å². The first-order valence-corrected chi connectivity index (χ1v) is 18.1. The number of esters is 2. The maximum absolute atomic E-state index is 14.6. The van der Waals surface area contributed by atoms with E-state index in [1.54, 1.807) is 20.8 Å². The van der Waals surface area contributed by atoms with Gasteiger partial charge in [0, 0.05) is 0 Å². The van der Waals surface area contributed by atoms with Gasteiger partial charge in [-0.3, -0.25) is 18.7 Å². The molecule has 16 nitrogen and oxygen atoms in total. The highest BCUT2D eigenvalue weighted by Crippen LogP contribution is 2.45. The van der Waals surface area contributed by atoms with Gasteiger partial charge in [0.25, 0.3) is 0 Å². The first-order valence-electron chi connectivity index (χ1n) is 16.5. The van der Waals surface area contributed by atoms with Crippen molar-refractivity contribution < 1.29 is 47.8 Å². The Balaban J connectivity index is 1.95. The maximum Gasteiger partial charge on any atom is 0.342 e. The zero-order valence-corrected chi connectivity index (χ0v) is 30.5. The maximum atomic E-state index is 14.6. The van der Waals surface area contributed by atoms with E-state index in [4.69, 9.17) is 23.5 Å². The molecular weight excluding hydrogens is 647 g/mol. The highest BCUT2D eigenvalue weighted by Gasteiger charge is 2.54. The van der Waals surface area contributed by atoms with E-state index < -0.39 is 62.3 Å². The van der Waals surface area contributed by atoms with Crippen molar-refractivity contribution in [1.29, 1.82) is 0 Å². The van der Waals surface area contributed by atoms with Crippen molar-refractivity contribution in [2.75, 3.05) is 19.8 Å². The van der Waals surface area contributed by atoms with E-state index in [2.05, 4.69) is 25.1 Å². The number of aromatic nitrogens is 4. The number of hydrogen-bond acceptors (Lipinski definition) is 13. The molecule has 0 amide bonds. The number of carbonyl (C=O) groups is 2. The molecule has 0 radical (unpaired) electrons. The van der Waals surface area contributed by atoms with Gasteiger partial charge in [-0.1, -0.05) is 27.7 Å². The lowest BCUT2D eigenvalue weighted by atomic mass is 9.96. The predicted octanol–water partition coefficient (Wildman–Crippen LogP) is 3.19. The van der Waals surface area contributed by atoms with E-state index in [1.165, 1.54) is 17.8 Å². The van der Waals surface area contributed by atoms with E-state index in [9.17, 15) is 24.4 Å². The van der Waals surface area contributed by atoms with Crippen molar-refractivity contribution in [1.82, 2.24) is 29.7 Å². The topological polar surface area (TPSA) is 205 Å². The number of aliphatic hydroxyl groups excluding tert-OH is 1. The summed E-state index contributed by atoms with van der Waals surface area (Å²) in [4.78, 5) is 39.1. The minimum atomic E-state index is -4.30. The normalized spacial score (nSPS) is 23.9. The van der Waals surface area contributed by atoms with Gasteiger partial charge >= 0.3 is 19.6 Å². The van der Waals surface area contributed by atoms with Crippen molar-refractivity contribution in [2.45, 2.75) is 124 Å². The lowest BCUT2D eigenvalue weighted by Gasteiger charge is -2.30. The van der Waals surface area contributed by atoms with Crippen LogP contribution < -0.4 is 14.9 Å². The summed E-state index contributed by atoms with van der Waals surface area (Å²) < 4.78 is 44.4. The average Bonchev–Trinajstić information content (AvgIpc) is 3.48. The molecule has 3 unspecified atom stereocenters. The first kappa shape index (κ1) is 39.7. The number of aliphatic hydroxyl groups is 2. The molecule has 17 heteroatoms. The van der Waals surface area contributed by atoms with Gasteiger partial charge in [0.1, 0.15) is 35.7 Å². The molecule has 272 valence electrons. The number of nitrogens with zero attached hydrogens (tertiary/aromatic N) is 4. The molecule has 2 aromatic heterocycles. The molecule has 1 saturated heterocycles. The summed E-state index contributed by atoms with van der Waals surface area (Å²) in [5.74, 6) is -0.630. The molecule has 0 spiro atoms. The largest absolute Gasteiger partial charge is 0.473 e. The average molecular weight is 701 g/mol. The molecule has 4 N–H and O–H groups in total. The molecule has 48 heavy (non-hydrogen) atoms. The van der Waals surface area contributed by atoms with Crippen molar-refractivity contribution in [3.8, 4) is 5.88 Å². The molecular formula is C31H53N6O10P. The van der Waals surface area contributed by atoms with Crippen molar-refractivity contribution in [3.63, 3.8) is 0 Å². The van der Waals surface area contributed by atoms with Gasteiger partial charge < -0.3 is 33.7 Å². The lowest BCUT2D eigenvalue weighted by molar-refractivity contribution is -0.146. The number of rotatable bonds is 18. The van der Waals surface area contributed by atoms with Crippen LogP contribution in [0.5, 0.6) is 5.88 Å². The minimum Gasteiger partial charge on any atom is -0.473 e. The third-order valence-electron chi connectivity index (χ3n) is 7.48. The standard InChI is InChI=1S/C31H53N6O10P/c1-11-43-28(39)21(13-17(3)4)35-48(42,36-22(14-18(5)6)29(40)44-12-2)45-15-23-25(38)31(10,41)30(47-23)37-16-32-24-26(37)33-20(9)34-27(24)46-19(7)8/h16-19,21-23,25,30,38,41H,11-15H2,1-10H3,(H2,35,36,42)/t21?,22?,23-,25?,30-,31+,48?/m1/s1. The second-order valence-electron chi connectivity index (χ2n) is 13.2. The third-order valence-corrected chi connectivity index (χ3v) is 9.30. The molecule has 3 heterocycles. The molecule has 1 aliphatic rings. The van der Waals surface area contributed by atoms with E-state index in [0.29, 0.717) is 17.0 Å². The summed E-state index contributed by atoms with van der Waals surface area (Å²) in [5.41, 5.74) is -1.24. The number of carbonyl (C=O) groups excluding carboxylic acids is 2. The summed E-state index contributed by atoms with van der Waals surface area (Å²) in [6, 6.07) is -2.11. The fourth-order valence-corrected chi connectivity index (χ4v) is 7.20. The zero-order chi connectivity index (χ0) is 36.0. The number of aryl methyl sites for hydroxylation is 1. The number of nitrogens with one attached hydrogen (secondary N) is 2. The number of ether oxygens (including phenoxy) is 4. The molecule has 3 rings (SSSR count). The fourth-order valence-electron chi connectivity index (χ4n) is 5.38. The SMILES string of the molecule is CCOC(=O)C(CC(C)C)NP(=O)(NC(CC(C)C)C(=O)OCC)OC[C@H]1O[C@@H](n2cnc3c(OC(C)C)nc(C)nc32)[C@@](C)(O)C1O. The highest BCUT2D eigenvalue weighted by molar-refractivity contribution is 7.54. The Morgan fingerprint density at radius 2 is 1.56 bits per heavy atom. The molecule has 6 atom stereocenters. The molecule has 0 aliphatic carbocycles. The van der Waals surface area contributed by atoms with Crippen LogP contribution in [-0.2, 0) is 32.9 Å². The van der Waals surface area contributed by atoms with Crippen LogP contribution in [0.1, 0.15) is 87.2 Å². The Bertz CT molecular complexity index is 1400. The van der Waals surface area contributed by atoms with E-state index >= 15 is 0 Å². The smallest absolute Gasteiger partial charge is 0.342 e.